The molecule has 9 heteroatoms. The van der Waals surface area contributed by atoms with E-state index in [1.54, 1.807) is 18.1 Å². The van der Waals surface area contributed by atoms with E-state index in [4.69, 9.17) is 4.74 Å². The number of ether oxygens (including phenoxy) is 1. The molecule has 3 N–H and O–H groups in total. The number of aliphatic hydroxyl groups excluding tert-OH is 1. The average molecular weight is 522 g/mol. The van der Waals surface area contributed by atoms with Crippen molar-refractivity contribution in [3.63, 3.8) is 0 Å². The zero-order valence-electron chi connectivity index (χ0n) is 21.7. The summed E-state index contributed by atoms with van der Waals surface area (Å²) < 4.78 is 5.44. The molecule has 1 saturated heterocycles. The smallest absolute Gasteiger partial charge is 0.271 e. The van der Waals surface area contributed by atoms with E-state index >= 15 is 0 Å². The Morgan fingerprint density at radius 3 is 2.76 bits per heavy atom. The third-order valence-corrected chi connectivity index (χ3v) is 9.59. The Morgan fingerprint density at radius 1 is 1.21 bits per heavy atom. The summed E-state index contributed by atoms with van der Waals surface area (Å²) in [5.74, 6) is 0.405. The normalized spacial score (nSPS) is 30.6. The van der Waals surface area contributed by atoms with E-state index in [1.165, 1.54) is 0 Å². The van der Waals surface area contributed by atoms with Gasteiger partial charge in [0.05, 0.1) is 13.2 Å². The molecule has 1 aliphatic heterocycles. The molecule has 7 rings (SSSR count). The molecule has 5 aliphatic rings. The largest absolute Gasteiger partial charge is 0.496 e. The quantitative estimate of drug-likeness (QED) is 0.490. The summed E-state index contributed by atoms with van der Waals surface area (Å²) in [6, 6.07) is 5.68. The number of benzene rings is 1. The molecule has 1 aromatic heterocycles. The van der Waals surface area contributed by atoms with Gasteiger partial charge in [-0.15, -0.1) is 0 Å². The number of amides is 2. The van der Waals surface area contributed by atoms with Gasteiger partial charge in [-0.05, 0) is 74.0 Å². The number of hydrogen-bond donors (Lipinski definition) is 3. The molecule has 2 heterocycles. The first-order valence-electron chi connectivity index (χ1n) is 13.8. The van der Waals surface area contributed by atoms with Gasteiger partial charge < -0.3 is 25.0 Å². The van der Waals surface area contributed by atoms with Crippen molar-refractivity contribution in [1.82, 2.24) is 15.2 Å². The Hall–Kier alpha value is -3.20. The summed E-state index contributed by atoms with van der Waals surface area (Å²) >= 11 is 0. The number of fused-ring (bicyclic) bond motifs is 4. The van der Waals surface area contributed by atoms with Crippen molar-refractivity contribution < 1.29 is 29.0 Å². The molecular formula is C29H35N3O6. The molecule has 2 amide bonds. The molecule has 2 bridgehead atoms. The molecule has 5 fully saturated rings. The van der Waals surface area contributed by atoms with Gasteiger partial charge in [-0.25, -0.2) is 0 Å². The lowest BCUT2D eigenvalue weighted by Gasteiger charge is -2.46. The van der Waals surface area contributed by atoms with E-state index in [0.29, 0.717) is 30.3 Å². The Labute approximate surface area is 221 Å². The predicted molar refractivity (Wildman–Crippen MR) is 138 cm³/mol. The highest BCUT2D eigenvalue weighted by atomic mass is 16.5. The highest BCUT2D eigenvalue weighted by Crippen LogP contribution is 2.49. The first-order chi connectivity index (χ1) is 18.4. The second-order valence-corrected chi connectivity index (χ2v) is 11.7. The zero-order valence-corrected chi connectivity index (χ0v) is 21.7. The van der Waals surface area contributed by atoms with Crippen molar-refractivity contribution in [2.75, 3.05) is 20.3 Å². The van der Waals surface area contributed by atoms with E-state index in [9.17, 15) is 24.3 Å². The zero-order chi connectivity index (χ0) is 26.6. The molecule has 4 saturated carbocycles. The standard InChI is InChI=1S/C29H35N3O6/c1-38-26-7-3-6-21-20(26)12-23(30-21)29(37)32-13-16-4-2-5-18(16)27(32)28(36)31-22(25(35)14-33)11-19-17-8-15(9-17)10-24(19)34/h3,6-7,12,15-19,22,27,30,33H,2,4-5,8-11,13-14H2,1H3,(H,31,36)/t15?,16-,17?,18-,19+,22-,27-/m0/s1. The van der Waals surface area contributed by atoms with Gasteiger partial charge in [0, 0.05) is 29.8 Å². The topological polar surface area (TPSA) is 129 Å². The van der Waals surface area contributed by atoms with Crippen LogP contribution in [0.4, 0.5) is 0 Å². The minimum Gasteiger partial charge on any atom is -0.496 e. The number of aromatic amines is 1. The Balaban J connectivity index is 1.24. The van der Waals surface area contributed by atoms with Gasteiger partial charge in [-0.3, -0.25) is 19.2 Å². The van der Waals surface area contributed by atoms with Crippen LogP contribution in [0.5, 0.6) is 5.75 Å². The van der Waals surface area contributed by atoms with E-state index in [2.05, 4.69) is 10.3 Å². The number of nitrogens with one attached hydrogen (secondary N) is 2. The number of aliphatic hydroxyl groups is 1. The number of ketones is 2. The molecule has 2 aromatic rings. The molecular weight excluding hydrogens is 486 g/mol. The Kier molecular flexibility index (Phi) is 6.50. The third-order valence-electron chi connectivity index (χ3n) is 9.59. The van der Waals surface area contributed by atoms with E-state index < -0.39 is 24.5 Å². The molecule has 5 atom stereocenters. The number of H-pyrrole nitrogens is 1. The van der Waals surface area contributed by atoms with Crippen LogP contribution in [0, 0.1) is 29.6 Å². The second-order valence-electron chi connectivity index (χ2n) is 11.7. The number of aromatic nitrogens is 1. The van der Waals surface area contributed by atoms with Gasteiger partial charge in [-0.1, -0.05) is 12.5 Å². The first-order valence-corrected chi connectivity index (χ1v) is 13.8. The first kappa shape index (κ1) is 25.1. The van der Waals surface area contributed by atoms with Gasteiger partial charge in [0.1, 0.15) is 29.9 Å². The maximum Gasteiger partial charge on any atom is 0.271 e. The van der Waals surface area contributed by atoms with E-state index in [1.807, 2.05) is 18.2 Å². The van der Waals surface area contributed by atoms with Gasteiger partial charge >= 0.3 is 0 Å². The lowest BCUT2D eigenvalue weighted by Crippen LogP contribution is -2.55. The SMILES string of the molecule is COc1cccc2[nH]c(C(=O)N3C[C@@H]4CCC[C@@H]4[C@H]3C(=O)N[C@@H](C[C@H]3C(=O)CC4CC3C4)C(=O)CO)cc12. The van der Waals surface area contributed by atoms with Crippen LogP contribution >= 0.6 is 0 Å². The Bertz CT molecular complexity index is 1280. The van der Waals surface area contributed by atoms with Crippen LogP contribution in [0.1, 0.15) is 55.4 Å². The van der Waals surface area contributed by atoms with Gasteiger partial charge in [0.2, 0.25) is 5.91 Å². The van der Waals surface area contributed by atoms with Crippen LogP contribution in [0.15, 0.2) is 24.3 Å². The molecule has 0 unspecified atom stereocenters. The minimum atomic E-state index is -0.937. The monoisotopic (exact) mass is 521 g/mol. The number of Topliss-reactive ketones (excluding diaryl/α,β-unsaturated/α-hetero) is 2. The summed E-state index contributed by atoms with van der Waals surface area (Å²) in [7, 11) is 1.58. The van der Waals surface area contributed by atoms with E-state index in [0.717, 1.165) is 43.0 Å². The second kappa shape index (κ2) is 9.84. The number of carbonyl (C=O) groups excluding carboxylic acids is 4. The van der Waals surface area contributed by atoms with Crippen molar-refractivity contribution in [3.05, 3.63) is 30.0 Å². The van der Waals surface area contributed by atoms with E-state index in [-0.39, 0.29) is 47.7 Å². The number of nitrogens with zero attached hydrogens (tertiary/aromatic N) is 1. The molecule has 0 spiro atoms. The molecule has 38 heavy (non-hydrogen) atoms. The number of methoxy groups -OCH3 is 1. The number of hydrogen-bond acceptors (Lipinski definition) is 6. The fraction of sp³-hybridized carbons (Fsp3) is 0.586. The molecule has 4 aliphatic carbocycles. The van der Waals surface area contributed by atoms with Crippen molar-refractivity contribution >= 4 is 34.3 Å². The number of rotatable bonds is 8. The molecule has 9 nitrogen and oxygen atoms in total. The summed E-state index contributed by atoms with van der Waals surface area (Å²) in [5, 5.41) is 13.3. The lowest BCUT2D eigenvalue weighted by atomic mass is 9.58. The number of carbonyl (C=O) groups is 4. The van der Waals surface area contributed by atoms with Crippen molar-refractivity contribution in [2.45, 2.75) is 57.0 Å². The maximum atomic E-state index is 13.8. The van der Waals surface area contributed by atoms with Gasteiger partial charge in [-0.2, -0.15) is 0 Å². The predicted octanol–water partition coefficient (Wildman–Crippen LogP) is 2.47. The molecule has 202 valence electrons. The summed E-state index contributed by atoms with van der Waals surface area (Å²) in [5.41, 5.74) is 1.16. The average Bonchev–Trinajstić information content (AvgIpc) is 3.61. The van der Waals surface area contributed by atoms with Crippen molar-refractivity contribution in [2.24, 2.45) is 29.6 Å². The van der Waals surface area contributed by atoms with Crippen molar-refractivity contribution in [1.29, 1.82) is 0 Å². The fourth-order valence-corrected chi connectivity index (χ4v) is 7.62. The van der Waals surface area contributed by atoms with Crippen LogP contribution in [0.25, 0.3) is 10.9 Å². The van der Waals surface area contributed by atoms with Crippen LogP contribution in [0.2, 0.25) is 0 Å². The van der Waals surface area contributed by atoms with Gasteiger partial charge in [0.15, 0.2) is 5.78 Å². The summed E-state index contributed by atoms with van der Waals surface area (Å²) in [6.45, 7) is -0.216. The fourth-order valence-electron chi connectivity index (χ4n) is 7.62. The summed E-state index contributed by atoms with van der Waals surface area (Å²) in [6.07, 6.45) is 5.55. The third kappa shape index (κ3) is 4.21. The van der Waals surface area contributed by atoms with Crippen LogP contribution < -0.4 is 10.1 Å². The molecule has 0 radical (unpaired) electrons. The Morgan fingerprint density at radius 2 is 2.03 bits per heavy atom. The molecule has 1 aromatic carbocycles. The maximum absolute atomic E-state index is 13.8. The van der Waals surface area contributed by atoms with Crippen LogP contribution in [0.3, 0.4) is 0 Å². The lowest BCUT2D eigenvalue weighted by molar-refractivity contribution is -0.138. The van der Waals surface area contributed by atoms with Crippen molar-refractivity contribution in [3.8, 4) is 5.75 Å². The highest BCUT2D eigenvalue weighted by molar-refractivity contribution is 6.02. The summed E-state index contributed by atoms with van der Waals surface area (Å²) in [4.78, 5) is 57.7. The van der Waals surface area contributed by atoms with Crippen LogP contribution in [-0.4, -0.2) is 70.7 Å². The van der Waals surface area contributed by atoms with Crippen LogP contribution in [-0.2, 0) is 14.4 Å². The highest BCUT2D eigenvalue weighted by Gasteiger charge is 2.51. The van der Waals surface area contributed by atoms with Gasteiger partial charge in [0.25, 0.3) is 5.91 Å². The minimum absolute atomic E-state index is 0.0199. The number of likely N-dealkylation sites (tertiary alicyclic amines) is 1.